The fourth-order valence-electron chi connectivity index (χ4n) is 0.878. The summed E-state index contributed by atoms with van der Waals surface area (Å²) in [5.41, 5.74) is 2.28. The lowest BCUT2D eigenvalue weighted by Gasteiger charge is -2.06. The quantitative estimate of drug-likeness (QED) is 0.583. The molecule has 0 saturated heterocycles. The highest BCUT2D eigenvalue weighted by Gasteiger charge is 2.21. The van der Waals surface area contributed by atoms with Gasteiger partial charge in [-0.15, -0.1) is 0 Å². The minimum Gasteiger partial charge on any atom is -0.524 e. The average molecular weight is 172 g/mol. The smallest absolute Gasteiger partial charge is 0.475 e. The van der Waals surface area contributed by atoms with Gasteiger partial charge in [0.1, 0.15) is 0 Å². The monoisotopic (exact) mass is 172 g/mol. The molecule has 0 heterocycles. The maximum absolute atomic E-state index is 5.46. The number of hydrogen-bond acceptors (Lipinski definition) is 2. The summed E-state index contributed by atoms with van der Waals surface area (Å²) in [5.74, 6) is 0.807. The van der Waals surface area contributed by atoms with Crippen molar-refractivity contribution in [2.75, 3.05) is 13.2 Å². The van der Waals surface area contributed by atoms with Crippen molar-refractivity contribution < 1.29 is 8.85 Å². The zero-order valence-corrected chi connectivity index (χ0v) is 8.30. The highest BCUT2D eigenvalue weighted by molar-refractivity contribution is 6.54. The van der Waals surface area contributed by atoms with Crippen molar-refractivity contribution in [3.05, 3.63) is 0 Å². The molecule has 0 aliphatic heterocycles. The van der Waals surface area contributed by atoms with Crippen LogP contribution in [0.5, 0.6) is 0 Å². The largest absolute Gasteiger partial charge is 0.524 e. The predicted molar refractivity (Wildman–Crippen MR) is 47.8 cm³/mol. The minimum absolute atomic E-state index is 0.775. The molecule has 0 N–H and O–H groups in total. The van der Waals surface area contributed by atoms with E-state index in [0.29, 0.717) is 0 Å². The summed E-state index contributed by atoms with van der Waals surface area (Å²) >= 11 is 0. The van der Waals surface area contributed by atoms with Crippen molar-refractivity contribution >= 4 is 14.6 Å². The van der Waals surface area contributed by atoms with Gasteiger partial charge in [0, 0.05) is 0 Å². The summed E-state index contributed by atoms with van der Waals surface area (Å²) in [4.78, 5) is 0. The summed E-state index contributed by atoms with van der Waals surface area (Å²) in [6.45, 7) is 5.59. The molecule has 0 atom stereocenters. The van der Waals surface area contributed by atoms with Crippen LogP contribution in [0.25, 0.3) is 0 Å². The van der Waals surface area contributed by atoms with Crippen LogP contribution in [0.15, 0.2) is 0 Å². The van der Waals surface area contributed by atoms with Gasteiger partial charge in [-0.1, -0.05) is 0 Å². The van der Waals surface area contributed by atoms with Gasteiger partial charge in [0.05, 0.1) is 13.2 Å². The first kappa shape index (κ1) is 8.78. The van der Waals surface area contributed by atoms with Crippen molar-refractivity contribution in [3.63, 3.8) is 0 Å². The van der Waals surface area contributed by atoms with E-state index in [4.69, 9.17) is 8.85 Å². The van der Waals surface area contributed by atoms with Crippen LogP contribution in [-0.2, 0) is 8.85 Å². The molecular weight excluding hydrogens is 156 g/mol. The summed E-state index contributed by atoms with van der Waals surface area (Å²) in [5, 5.41) is 0. The molecule has 1 saturated carbocycles. The SMILES string of the molecule is CCO[Si](=CC1CC1)OCC. The third-order valence-electron chi connectivity index (χ3n) is 1.57. The molecule has 0 radical (unpaired) electrons. The second-order valence-electron chi connectivity index (χ2n) is 2.69. The average Bonchev–Trinajstić information content (AvgIpc) is 2.73. The molecule has 1 fully saturated rings. The van der Waals surface area contributed by atoms with E-state index in [1.165, 1.54) is 12.8 Å². The Morgan fingerprint density at radius 2 is 1.82 bits per heavy atom. The molecule has 0 bridgehead atoms. The van der Waals surface area contributed by atoms with E-state index in [2.05, 4.69) is 5.67 Å². The molecule has 1 aliphatic carbocycles. The molecule has 2 nitrogen and oxygen atoms in total. The van der Waals surface area contributed by atoms with E-state index >= 15 is 0 Å². The Morgan fingerprint density at radius 1 is 1.27 bits per heavy atom. The first-order valence-electron chi connectivity index (χ1n) is 4.34. The molecule has 0 aromatic carbocycles. The van der Waals surface area contributed by atoms with Crippen LogP contribution in [0.2, 0.25) is 0 Å². The van der Waals surface area contributed by atoms with Gasteiger partial charge in [-0.25, -0.2) is 0 Å². The first-order chi connectivity index (χ1) is 5.36. The Bertz CT molecular complexity index is 133. The fourth-order valence-corrected chi connectivity index (χ4v) is 2.44. The summed E-state index contributed by atoms with van der Waals surface area (Å²) < 4.78 is 10.9. The van der Waals surface area contributed by atoms with E-state index in [-0.39, 0.29) is 0 Å². The van der Waals surface area contributed by atoms with E-state index in [9.17, 15) is 0 Å². The van der Waals surface area contributed by atoms with Crippen molar-refractivity contribution in [1.82, 2.24) is 0 Å². The van der Waals surface area contributed by atoms with Crippen LogP contribution < -0.4 is 0 Å². The molecule has 0 amide bonds. The van der Waals surface area contributed by atoms with E-state index < -0.39 is 8.90 Å². The van der Waals surface area contributed by atoms with Gasteiger partial charge < -0.3 is 8.85 Å². The van der Waals surface area contributed by atoms with E-state index in [1.54, 1.807) is 0 Å². The fraction of sp³-hybridized carbons (Fsp3) is 0.875. The van der Waals surface area contributed by atoms with Crippen molar-refractivity contribution in [2.45, 2.75) is 26.7 Å². The number of rotatable bonds is 5. The van der Waals surface area contributed by atoms with Crippen molar-refractivity contribution in [1.29, 1.82) is 0 Å². The Labute approximate surface area is 70.0 Å². The summed E-state index contributed by atoms with van der Waals surface area (Å²) in [6, 6.07) is 0. The van der Waals surface area contributed by atoms with Gasteiger partial charge >= 0.3 is 8.90 Å². The van der Waals surface area contributed by atoms with E-state index in [1.807, 2.05) is 13.8 Å². The molecule has 0 unspecified atom stereocenters. The highest BCUT2D eigenvalue weighted by atomic mass is 28.3. The van der Waals surface area contributed by atoms with Crippen LogP contribution in [-0.4, -0.2) is 27.8 Å². The van der Waals surface area contributed by atoms with Gasteiger partial charge in [-0.3, -0.25) is 0 Å². The Balaban J connectivity index is 2.29. The maximum Gasteiger partial charge on any atom is 0.475 e. The molecule has 11 heavy (non-hydrogen) atoms. The lowest BCUT2D eigenvalue weighted by molar-refractivity contribution is 0.234. The van der Waals surface area contributed by atoms with Crippen LogP contribution in [0.1, 0.15) is 26.7 Å². The van der Waals surface area contributed by atoms with Crippen LogP contribution in [0, 0.1) is 5.92 Å². The molecule has 3 heteroatoms. The Morgan fingerprint density at radius 3 is 2.18 bits per heavy atom. The lowest BCUT2D eigenvalue weighted by Crippen LogP contribution is -2.17. The molecule has 1 aliphatic rings. The third-order valence-corrected chi connectivity index (χ3v) is 3.46. The van der Waals surface area contributed by atoms with Gasteiger partial charge in [0.25, 0.3) is 0 Å². The Hall–Kier alpha value is -0.313. The second kappa shape index (κ2) is 4.54. The van der Waals surface area contributed by atoms with Gasteiger partial charge in [-0.2, -0.15) is 0 Å². The molecule has 0 spiro atoms. The summed E-state index contributed by atoms with van der Waals surface area (Å²) in [6.07, 6.45) is 2.68. The van der Waals surface area contributed by atoms with E-state index in [0.717, 1.165) is 19.1 Å². The zero-order chi connectivity index (χ0) is 8.10. The van der Waals surface area contributed by atoms with Crippen LogP contribution in [0.4, 0.5) is 0 Å². The number of hydrogen-bond donors (Lipinski definition) is 0. The minimum atomic E-state index is -1.01. The van der Waals surface area contributed by atoms with Gasteiger partial charge in [-0.05, 0) is 38.3 Å². The second-order valence-corrected chi connectivity index (χ2v) is 4.24. The maximum atomic E-state index is 5.46. The normalized spacial score (nSPS) is 15.8. The van der Waals surface area contributed by atoms with Gasteiger partial charge in [0.2, 0.25) is 0 Å². The molecule has 0 aromatic heterocycles. The van der Waals surface area contributed by atoms with Crippen LogP contribution in [0.3, 0.4) is 0 Å². The molecule has 1 rings (SSSR count). The standard InChI is InChI=1S/C8H16O2Si/c1-3-9-11(10-4-2)7-8-5-6-8/h7-8H,3-6H2,1-2H3. The first-order valence-corrected chi connectivity index (χ1v) is 5.73. The zero-order valence-electron chi connectivity index (χ0n) is 7.30. The molecule has 64 valence electrons. The van der Waals surface area contributed by atoms with Crippen LogP contribution >= 0.6 is 0 Å². The van der Waals surface area contributed by atoms with Crippen molar-refractivity contribution in [3.8, 4) is 0 Å². The highest BCUT2D eigenvalue weighted by Crippen LogP contribution is 2.26. The third kappa shape index (κ3) is 3.56. The van der Waals surface area contributed by atoms with Crippen molar-refractivity contribution in [2.24, 2.45) is 5.92 Å². The Kier molecular flexibility index (Phi) is 3.63. The summed E-state index contributed by atoms with van der Waals surface area (Å²) in [7, 11) is -1.01. The lowest BCUT2D eigenvalue weighted by atomic mass is 10.5. The predicted octanol–water partition coefficient (Wildman–Crippen LogP) is 1.34. The molecular formula is C8H16O2Si. The van der Waals surface area contributed by atoms with Gasteiger partial charge in [0.15, 0.2) is 0 Å². The molecule has 0 aromatic rings. The topological polar surface area (TPSA) is 18.5 Å².